The Morgan fingerprint density at radius 2 is 2.00 bits per heavy atom. The lowest BCUT2D eigenvalue weighted by atomic mass is 10.0. The number of likely N-dealkylation sites (tertiary alicyclic amines) is 1. The molecule has 0 spiro atoms. The number of hydrogen-bond donors (Lipinski definition) is 1. The van der Waals surface area contributed by atoms with Gasteiger partial charge in [0.1, 0.15) is 0 Å². The first-order chi connectivity index (χ1) is 10.4. The fraction of sp³-hybridized carbons (Fsp3) is 0.562. The highest BCUT2D eigenvalue weighted by Gasteiger charge is 2.35. The zero-order valence-electron chi connectivity index (χ0n) is 12.8. The number of aryl methyl sites for hydroxylation is 1. The molecule has 0 radical (unpaired) electrons. The molecule has 1 fully saturated rings. The Balaban J connectivity index is 1.77. The van der Waals surface area contributed by atoms with Gasteiger partial charge in [0.15, 0.2) is 9.84 Å². The fourth-order valence-electron chi connectivity index (χ4n) is 3.45. The van der Waals surface area contributed by atoms with Crippen LogP contribution in [0, 0.1) is 0 Å². The molecule has 1 N–H and O–H groups in total. The molecule has 3 rings (SSSR count). The minimum absolute atomic E-state index is 0.0147. The number of rotatable bonds is 2. The normalized spacial score (nSPS) is 26.9. The molecular formula is C16H22N2O3S. The molecule has 120 valence electrons. The predicted molar refractivity (Wildman–Crippen MR) is 86.6 cm³/mol. The van der Waals surface area contributed by atoms with E-state index in [0.29, 0.717) is 13.0 Å². The first-order valence-electron chi connectivity index (χ1n) is 7.77. The number of hydrogen-bond acceptors (Lipinski definition) is 4. The van der Waals surface area contributed by atoms with E-state index in [9.17, 15) is 13.2 Å². The van der Waals surface area contributed by atoms with Gasteiger partial charge in [0.25, 0.3) is 0 Å². The van der Waals surface area contributed by atoms with Gasteiger partial charge in [0.05, 0.1) is 11.3 Å². The van der Waals surface area contributed by atoms with Gasteiger partial charge in [0, 0.05) is 18.5 Å². The van der Waals surface area contributed by atoms with Crippen LogP contribution >= 0.6 is 0 Å². The second-order valence-corrected chi connectivity index (χ2v) is 8.62. The van der Waals surface area contributed by atoms with Crippen LogP contribution in [0.1, 0.15) is 24.8 Å². The number of nitrogens with zero attached hydrogens (tertiary/aromatic N) is 1. The zero-order valence-corrected chi connectivity index (χ0v) is 13.6. The molecule has 1 amide bonds. The van der Waals surface area contributed by atoms with Gasteiger partial charge < -0.3 is 5.32 Å². The molecule has 1 aromatic rings. The Hall–Kier alpha value is -1.40. The molecule has 22 heavy (non-hydrogen) atoms. The molecule has 2 aliphatic heterocycles. The van der Waals surface area contributed by atoms with Crippen molar-refractivity contribution in [2.24, 2.45) is 0 Å². The second kappa shape index (κ2) is 6.01. The van der Waals surface area contributed by atoms with Gasteiger partial charge in [-0.3, -0.25) is 9.69 Å². The first-order valence-corrected chi connectivity index (χ1v) is 9.72. The maximum absolute atomic E-state index is 12.5. The van der Waals surface area contributed by atoms with Gasteiger partial charge in [-0.05, 0) is 43.9 Å². The van der Waals surface area contributed by atoms with E-state index in [-0.39, 0.29) is 17.2 Å². The lowest BCUT2D eigenvalue weighted by Gasteiger charge is -2.36. The number of piperidine rings is 1. The number of nitrogens with one attached hydrogen (secondary N) is 1. The third kappa shape index (κ3) is 3.17. The van der Waals surface area contributed by atoms with Gasteiger partial charge >= 0.3 is 0 Å². The maximum atomic E-state index is 12.5. The zero-order chi connectivity index (χ0) is 15.7. The molecule has 5 nitrogen and oxygen atoms in total. The second-order valence-electron chi connectivity index (χ2n) is 6.29. The Labute approximate surface area is 131 Å². The average molecular weight is 322 g/mol. The van der Waals surface area contributed by atoms with Crippen molar-refractivity contribution < 1.29 is 13.2 Å². The number of para-hydroxylation sites is 1. The summed E-state index contributed by atoms with van der Waals surface area (Å²) in [5, 5.41) is 2.65. The summed E-state index contributed by atoms with van der Waals surface area (Å²) in [5.41, 5.74) is 2.03. The number of fused-ring (bicyclic) bond motifs is 1. The van der Waals surface area contributed by atoms with E-state index in [1.165, 1.54) is 6.26 Å². The summed E-state index contributed by atoms with van der Waals surface area (Å²) in [6.45, 7) is 1.26. The number of carbonyl (C=O) groups excluding carboxylic acids is 1. The molecule has 1 aromatic carbocycles. The summed E-state index contributed by atoms with van der Waals surface area (Å²) in [5.74, 6) is -0.0147. The van der Waals surface area contributed by atoms with Crippen LogP contribution < -0.4 is 5.32 Å². The molecule has 2 heterocycles. The Morgan fingerprint density at radius 1 is 1.23 bits per heavy atom. The van der Waals surface area contributed by atoms with Crippen LogP contribution in [0.15, 0.2) is 24.3 Å². The Morgan fingerprint density at radius 3 is 2.77 bits per heavy atom. The standard InChI is InChI=1S/C16H22N2O3S/c1-22(20,21)13-6-4-10-18(11-13)15-9-8-12-5-2-3-7-14(12)17-16(15)19/h2-3,5,7,13,15H,4,6,8-11H2,1H3,(H,17,19)/t13-,15+/m0/s1. The van der Waals surface area contributed by atoms with Crippen molar-refractivity contribution in [1.82, 2.24) is 4.90 Å². The molecule has 0 saturated carbocycles. The molecule has 0 aliphatic carbocycles. The van der Waals surface area contributed by atoms with Crippen molar-refractivity contribution in [3.63, 3.8) is 0 Å². The van der Waals surface area contributed by atoms with Crippen molar-refractivity contribution in [2.75, 3.05) is 24.7 Å². The van der Waals surface area contributed by atoms with Gasteiger partial charge in [0.2, 0.25) is 5.91 Å². The van der Waals surface area contributed by atoms with Gasteiger partial charge in [-0.25, -0.2) is 8.42 Å². The van der Waals surface area contributed by atoms with Crippen LogP contribution in [0.5, 0.6) is 0 Å². The summed E-state index contributed by atoms with van der Waals surface area (Å²) in [7, 11) is -3.05. The summed E-state index contributed by atoms with van der Waals surface area (Å²) in [6, 6.07) is 7.61. The highest BCUT2D eigenvalue weighted by Crippen LogP contribution is 2.26. The molecule has 0 aromatic heterocycles. The molecule has 0 bridgehead atoms. The number of sulfone groups is 1. The van der Waals surface area contributed by atoms with Gasteiger partial charge in [-0.1, -0.05) is 18.2 Å². The molecule has 2 aliphatic rings. The smallest absolute Gasteiger partial charge is 0.241 e. The lowest BCUT2D eigenvalue weighted by molar-refractivity contribution is -0.121. The van der Waals surface area contributed by atoms with Gasteiger partial charge in [-0.2, -0.15) is 0 Å². The minimum Gasteiger partial charge on any atom is -0.324 e. The largest absolute Gasteiger partial charge is 0.324 e. The topological polar surface area (TPSA) is 66.5 Å². The number of anilines is 1. The van der Waals surface area contributed by atoms with E-state index >= 15 is 0 Å². The summed E-state index contributed by atoms with van der Waals surface area (Å²) in [6.07, 6.45) is 4.39. The summed E-state index contributed by atoms with van der Waals surface area (Å²) in [4.78, 5) is 14.6. The van der Waals surface area contributed by atoms with E-state index < -0.39 is 9.84 Å². The Bertz CT molecular complexity index is 672. The van der Waals surface area contributed by atoms with E-state index in [1.807, 2.05) is 24.3 Å². The number of carbonyl (C=O) groups is 1. The van der Waals surface area contributed by atoms with Crippen molar-refractivity contribution in [3.05, 3.63) is 29.8 Å². The highest BCUT2D eigenvalue weighted by atomic mass is 32.2. The third-order valence-electron chi connectivity index (χ3n) is 4.72. The average Bonchev–Trinajstić information content (AvgIpc) is 2.65. The summed E-state index contributed by atoms with van der Waals surface area (Å²) < 4.78 is 23.6. The monoisotopic (exact) mass is 322 g/mol. The third-order valence-corrected chi connectivity index (χ3v) is 6.32. The van der Waals surface area contributed by atoms with Crippen molar-refractivity contribution in [1.29, 1.82) is 0 Å². The van der Waals surface area contributed by atoms with Crippen LogP contribution in [-0.2, 0) is 21.1 Å². The lowest BCUT2D eigenvalue weighted by Crippen LogP contribution is -2.51. The van der Waals surface area contributed by atoms with Crippen molar-refractivity contribution >= 4 is 21.4 Å². The molecule has 0 unspecified atom stereocenters. The van der Waals surface area contributed by atoms with Crippen LogP contribution in [0.4, 0.5) is 5.69 Å². The van der Waals surface area contributed by atoms with Crippen molar-refractivity contribution in [3.8, 4) is 0 Å². The molecular weight excluding hydrogens is 300 g/mol. The fourth-order valence-corrected chi connectivity index (χ4v) is 4.50. The van der Waals surface area contributed by atoms with Crippen molar-refractivity contribution in [2.45, 2.75) is 37.0 Å². The minimum atomic E-state index is -3.05. The molecule has 1 saturated heterocycles. The Kier molecular flexibility index (Phi) is 4.23. The quantitative estimate of drug-likeness (QED) is 0.895. The van der Waals surface area contributed by atoms with E-state index in [2.05, 4.69) is 10.2 Å². The summed E-state index contributed by atoms with van der Waals surface area (Å²) >= 11 is 0. The van der Waals surface area contributed by atoms with Gasteiger partial charge in [-0.15, -0.1) is 0 Å². The SMILES string of the molecule is CS(=O)(=O)[C@H]1CCCN([C@@H]2CCc3ccccc3NC2=O)C1. The van der Waals surface area contributed by atoms with E-state index in [1.54, 1.807) is 0 Å². The number of amides is 1. The van der Waals surface area contributed by atoms with Crippen LogP contribution in [-0.4, -0.2) is 49.9 Å². The predicted octanol–water partition coefficient (Wildman–Crippen LogP) is 1.45. The highest BCUT2D eigenvalue weighted by molar-refractivity contribution is 7.91. The molecule has 6 heteroatoms. The van der Waals surface area contributed by atoms with E-state index in [0.717, 1.165) is 37.1 Å². The first kappa shape index (κ1) is 15.5. The maximum Gasteiger partial charge on any atom is 0.241 e. The van der Waals surface area contributed by atoms with Crippen LogP contribution in [0.2, 0.25) is 0 Å². The van der Waals surface area contributed by atoms with Crippen LogP contribution in [0.25, 0.3) is 0 Å². The molecule has 2 atom stereocenters. The van der Waals surface area contributed by atoms with Crippen LogP contribution in [0.3, 0.4) is 0 Å². The number of benzene rings is 1. The van der Waals surface area contributed by atoms with E-state index in [4.69, 9.17) is 0 Å².